The molecule has 0 spiro atoms. The number of hydrogen-bond acceptors (Lipinski definition) is 5. The lowest BCUT2D eigenvalue weighted by Crippen LogP contribution is -2.34. The Labute approximate surface area is 150 Å². The molecule has 1 amide bonds. The maximum atomic E-state index is 13.2. The molecule has 0 aliphatic rings. The van der Waals surface area contributed by atoms with Crippen molar-refractivity contribution in [1.82, 2.24) is 4.98 Å². The molecule has 0 saturated heterocycles. The van der Waals surface area contributed by atoms with E-state index < -0.39 is 0 Å². The van der Waals surface area contributed by atoms with Crippen molar-refractivity contribution in [2.24, 2.45) is 0 Å². The fraction of sp³-hybridized carbons (Fsp3) is 0.263. The van der Waals surface area contributed by atoms with E-state index in [1.807, 2.05) is 49.4 Å². The lowest BCUT2D eigenvalue weighted by Gasteiger charge is -2.21. The van der Waals surface area contributed by atoms with Gasteiger partial charge in [-0.3, -0.25) is 9.69 Å². The standard InChI is InChI=1S/C19H20N2O3S/c1-13-8-9-16(24-3)14(12-13)18(22)21(10-11-23-2)19-20-15-6-4-5-7-17(15)25-19/h4-9,12H,10-11H2,1-3H3. The van der Waals surface area contributed by atoms with Crippen LogP contribution < -0.4 is 9.64 Å². The van der Waals surface area contributed by atoms with Crippen LogP contribution in [0.25, 0.3) is 10.2 Å². The van der Waals surface area contributed by atoms with Crippen molar-refractivity contribution >= 4 is 32.6 Å². The van der Waals surface area contributed by atoms with Crippen LogP contribution in [-0.2, 0) is 4.74 Å². The molecule has 0 aliphatic heterocycles. The number of carbonyl (C=O) groups excluding carboxylic acids is 1. The van der Waals surface area contributed by atoms with Crippen LogP contribution in [0.4, 0.5) is 5.13 Å². The quantitative estimate of drug-likeness (QED) is 0.672. The molecule has 0 saturated carbocycles. The third-order valence-electron chi connectivity index (χ3n) is 3.86. The minimum Gasteiger partial charge on any atom is -0.496 e. The van der Waals surface area contributed by atoms with Crippen molar-refractivity contribution < 1.29 is 14.3 Å². The Morgan fingerprint density at radius 2 is 2.00 bits per heavy atom. The summed E-state index contributed by atoms with van der Waals surface area (Å²) in [6, 6.07) is 13.4. The van der Waals surface area contributed by atoms with Crippen molar-refractivity contribution in [2.75, 3.05) is 32.3 Å². The number of ether oxygens (including phenoxy) is 2. The number of aromatic nitrogens is 1. The topological polar surface area (TPSA) is 51.7 Å². The highest BCUT2D eigenvalue weighted by Gasteiger charge is 2.24. The van der Waals surface area contributed by atoms with Crippen LogP contribution in [0.2, 0.25) is 0 Å². The second-order valence-corrected chi connectivity index (χ2v) is 6.63. The average molecular weight is 356 g/mol. The summed E-state index contributed by atoms with van der Waals surface area (Å²) < 4.78 is 11.6. The first kappa shape index (κ1) is 17.4. The molecule has 0 N–H and O–H groups in total. The van der Waals surface area contributed by atoms with Crippen molar-refractivity contribution in [3.8, 4) is 5.75 Å². The number of thiazole rings is 1. The molecule has 3 aromatic rings. The highest BCUT2D eigenvalue weighted by atomic mass is 32.1. The number of hydrogen-bond donors (Lipinski definition) is 0. The fourth-order valence-electron chi connectivity index (χ4n) is 2.58. The fourth-order valence-corrected chi connectivity index (χ4v) is 3.57. The molecule has 1 heterocycles. The van der Waals surface area contributed by atoms with Crippen LogP contribution in [-0.4, -0.2) is 38.3 Å². The van der Waals surface area contributed by atoms with Gasteiger partial charge in [0.05, 0.1) is 36.0 Å². The van der Waals surface area contributed by atoms with E-state index in [1.165, 1.54) is 11.3 Å². The predicted molar refractivity (Wildman–Crippen MR) is 101 cm³/mol. The molecule has 130 valence electrons. The third-order valence-corrected chi connectivity index (χ3v) is 4.92. The molecule has 3 rings (SSSR count). The van der Waals surface area contributed by atoms with Gasteiger partial charge >= 0.3 is 0 Å². The van der Waals surface area contributed by atoms with E-state index >= 15 is 0 Å². The summed E-state index contributed by atoms with van der Waals surface area (Å²) in [4.78, 5) is 19.5. The summed E-state index contributed by atoms with van der Waals surface area (Å²) in [5, 5.41) is 0.659. The molecule has 0 unspecified atom stereocenters. The molecule has 0 bridgehead atoms. The number of amides is 1. The number of carbonyl (C=O) groups is 1. The van der Waals surface area contributed by atoms with E-state index in [-0.39, 0.29) is 5.91 Å². The minimum absolute atomic E-state index is 0.142. The van der Waals surface area contributed by atoms with E-state index in [0.717, 1.165) is 15.8 Å². The zero-order valence-electron chi connectivity index (χ0n) is 14.5. The van der Waals surface area contributed by atoms with E-state index in [0.29, 0.717) is 29.6 Å². The van der Waals surface area contributed by atoms with Gasteiger partial charge in [-0.25, -0.2) is 4.98 Å². The summed E-state index contributed by atoms with van der Waals surface area (Å²) >= 11 is 1.49. The van der Waals surface area contributed by atoms with Gasteiger partial charge in [0.15, 0.2) is 5.13 Å². The number of nitrogens with zero attached hydrogens (tertiary/aromatic N) is 2. The molecule has 0 aliphatic carbocycles. The largest absolute Gasteiger partial charge is 0.496 e. The monoisotopic (exact) mass is 356 g/mol. The zero-order valence-corrected chi connectivity index (χ0v) is 15.3. The first-order valence-electron chi connectivity index (χ1n) is 7.95. The number of aryl methyl sites for hydroxylation is 1. The molecule has 2 aromatic carbocycles. The molecule has 0 radical (unpaired) electrons. The van der Waals surface area contributed by atoms with Crippen LogP contribution in [0.5, 0.6) is 5.75 Å². The molecular weight excluding hydrogens is 336 g/mol. The molecule has 0 fully saturated rings. The minimum atomic E-state index is -0.142. The van der Waals surface area contributed by atoms with Crippen LogP contribution in [0.15, 0.2) is 42.5 Å². The lowest BCUT2D eigenvalue weighted by atomic mass is 10.1. The Kier molecular flexibility index (Phi) is 5.31. The smallest absolute Gasteiger partial charge is 0.263 e. The van der Waals surface area contributed by atoms with Gasteiger partial charge in [-0.05, 0) is 31.2 Å². The normalized spacial score (nSPS) is 10.8. The van der Waals surface area contributed by atoms with Gasteiger partial charge in [0.2, 0.25) is 0 Å². The molecule has 5 nitrogen and oxygen atoms in total. The van der Waals surface area contributed by atoms with Crippen molar-refractivity contribution in [3.05, 3.63) is 53.6 Å². The number of rotatable bonds is 6. The average Bonchev–Trinajstić information content (AvgIpc) is 3.05. The van der Waals surface area contributed by atoms with Crippen LogP contribution in [0.3, 0.4) is 0 Å². The van der Waals surface area contributed by atoms with Crippen LogP contribution in [0.1, 0.15) is 15.9 Å². The van der Waals surface area contributed by atoms with Crippen molar-refractivity contribution in [3.63, 3.8) is 0 Å². The van der Waals surface area contributed by atoms with Gasteiger partial charge in [-0.15, -0.1) is 0 Å². The summed E-state index contributed by atoms with van der Waals surface area (Å²) in [6.07, 6.45) is 0. The highest BCUT2D eigenvalue weighted by Crippen LogP contribution is 2.31. The number of benzene rings is 2. The van der Waals surface area contributed by atoms with E-state index in [4.69, 9.17) is 9.47 Å². The first-order chi connectivity index (χ1) is 12.1. The van der Waals surface area contributed by atoms with Gasteiger partial charge in [0.1, 0.15) is 5.75 Å². The van der Waals surface area contributed by atoms with Gasteiger partial charge in [-0.1, -0.05) is 35.1 Å². The summed E-state index contributed by atoms with van der Waals surface area (Å²) in [5.41, 5.74) is 2.41. The molecule has 25 heavy (non-hydrogen) atoms. The third kappa shape index (κ3) is 3.65. The Morgan fingerprint density at radius 1 is 1.20 bits per heavy atom. The van der Waals surface area contributed by atoms with Crippen molar-refractivity contribution in [2.45, 2.75) is 6.92 Å². The maximum Gasteiger partial charge on any atom is 0.263 e. The van der Waals surface area contributed by atoms with E-state index in [9.17, 15) is 4.79 Å². The summed E-state index contributed by atoms with van der Waals surface area (Å²) in [6.45, 7) is 2.80. The Hall–Kier alpha value is -2.44. The van der Waals surface area contributed by atoms with Crippen LogP contribution >= 0.6 is 11.3 Å². The number of methoxy groups -OCH3 is 2. The highest BCUT2D eigenvalue weighted by molar-refractivity contribution is 7.22. The summed E-state index contributed by atoms with van der Waals surface area (Å²) in [7, 11) is 3.19. The Balaban J connectivity index is 2.03. The van der Waals surface area contributed by atoms with Gasteiger partial charge < -0.3 is 9.47 Å². The van der Waals surface area contributed by atoms with E-state index in [2.05, 4.69) is 4.98 Å². The lowest BCUT2D eigenvalue weighted by molar-refractivity contribution is 0.0973. The number of anilines is 1. The van der Waals surface area contributed by atoms with Gasteiger partial charge in [-0.2, -0.15) is 0 Å². The number of fused-ring (bicyclic) bond motifs is 1. The molecular formula is C19H20N2O3S. The molecule has 0 atom stereocenters. The Bertz CT molecular complexity index is 858. The zero-order chi connectivity index (χ0) is 17.8. The summed E-state index contributed by atoms with van der Waals surface area (Å²) in [5.74, 6) is 0.413. The van der Waals surface area contributed by atoms with Gasteiger partial charge in [0.25, 0.3) is 5.91 Å². The first-order valence-corrected chi connectivity index (χ1v) is 8.76. The van der Waals surface area contributed by atoms with Gasteiger partial charge in [0, 0.05) is 7.11 Å². The maximum absolute atomic E-state index is 13.2. The van der Waals surface area contributed by atoms with E-state index in [1.54, 1.807) is 19.1 Å². The van der Waals surface area contributed by atoms with Crippen molar-refractivity contribution in [1.29, 1.82) is 0 Å². The predicted octanol–water partition coefficient (Wildman–Crippen LogP) is 3.91. The number of para-hydroxylation sites is 1. The molecule has 6 heteroatoms. The Morgan fingerprint density at radius 3 is 2.72 bits per heavy atom. The second-order valence-electron chi connectivity index (χ2n) is 5.62. The SMILES string of the molecule is COCCN(C(=O)c1cc(C)ccc1OC)c1nc2ccccc2s1. The molecule has 1 aromatic heterocycles. The second kappa shape index (κ2) is 7.63. The van der Waals surface area contributed by atoms with Crippen LogP contribution in [0, 0.1) is 6.92 Å².